The van der Waals surface area contributed by atoms with Crippen LogP contribution >= 0.6 is 0 Å². The lowest BCUT2D eigenvalue weighted by Gasteiger charge is -2.27. The molecule has 0 saturated carbocycles. The lowest BCUT2D eigenvalue weighted by Crippen LogP contribution is -2.41. The van der Waals surface area contributed by atoms with Crippen LogP contribution in [0.3, 0.4) is 0 Å². The van der Waals surface area contributed by atoms with Crippen molar-refractivity contribution in [2.75, 3.05) is 13.2 Å². The standard InChI is InChI=1S/C15H21NO3/c1-15(2,3)8-14(17)16-9-11-10-18-12-6-4-5-7-13(12)19-11/h4-7,11H,8-10H2,1-3H3,(H,16,17). The molecule has 2 rings (SSSR count). The zero-order valence-corrected chi connectivity index (χ0v) is 11.7. The molecule has 1 amide bonds. The first-order valence-electron chi connectivity index (χ1n) is 6.59. The molecule has 1 aromatic carbocycles. The van der Waals surface area contributed by atoms with E-state index in [1.807, 2.05) is 45.0 Å². The van der Waals surface area contributed by atoms with E-state index in [1.165, 1.54) is 0 Å². The Morgan fingerprint density at radius 1 is 1.32 bits per heavy atom. The largest absolute Gasteiger partial charge is 0.486 e. The lowest BCUT2D eigenvalue weighted by atomic mass is 9.92. The van der Waals surface area contributed by atoms with Gasteiger partial charge in [0, 0.05) is 6.42 Å². The average molecular weight is 263 g/mol. The molecule has 0 spiro atoms. The van der Waals surface area contributed by atoms with Gasteiger partial charge in [0.2, 0.25) is 5.91 Å². The predicted octanol–water partition coefficient (Wildman–Crippen LogP) is 2.38. The van der Waals surface area contributed by atoms with Crippen molar-refractivity contribution in [1.29, 1.82) is 0 Å². The van der Waals surface area contributed by atoms with Gasteiger partial charge in [-0.05, 0) is 17.5 Å². The van der Waals surface area contributed by atoms with Gasteiger partial charge >= 0.3 is 0 Å². The molecule has 104 valence electrons. The van der Waals surface area contributed by atoms with Crippen LogP contribution in [0.15, 0.2) is 24.3 Å². The molecule has 0 aromatic heterocycles. The molecule has 1 N–H and O–H groups in total. The third kappa shape index (κ3) is 4.16. The topological polar surface area (TPSA) is 47.6 Å². The molecule has 1 aliphatic rings. The van der Waals surface area contributed by atoms with Gasteiger partial charge < -0.3 is 14.8 Å². The van der Waals surface area contributed by atoms with Gasteiger partial charge in [0.15, 0.2) is 11.5 Å². The van der Waals surface area contributed by atoms with Crippen molar-refractivity contribution >= 4 is 5.91 Å². The first kappa shape index (κ1) is 13.7. The highest BCUT2D eigenvalue weighted by molar-refractivity contribution is 5.76. The van der Waals surface area contributed by atoms with E-state index >= 15 is 0 Å². The minimum Gasteiger partial charge on any atom is -0.486 e. The quantitative estimate of drug-likeness (QED) is 0.910. The van der Waals surface area contributed by atoms with Crippen LogP contribution < -0.4 is 14.8 Å². The Hall–Kier alpha value is -1.71. The number of hydrogen-bond donors (Lipinski definition) is 1. The smallest absolute Gasteiger partial charge is 0.220 e. The summed E-state index contributed by atoms with van der Waals surface area (Å²) in [7, 11) is 0. The number of carbonyl (C=O) groups is 1. The second-order valence-electron chi connectivity index (χ2n) is 6.04. The fraction of sp³-hybridized carbons (Fsp3) is 0.533. The number of para-hydroxylation sites is 2. The maximum atomic E-state index is 11.7. The molecule has 1 atom stereocenters. The Kier molecular flexibility index (Phi) is 3.98. The molecular formula is C15H21NO3. The molecule has 19 heavy (non-hydrogen) atoms. The van der Waals surface area contributed by atoms with Crippen molar-refractivity contribution < 1.29 is 14.3 Å². The van der Waals surface area contributed by atoms with Crippen molar-refractivity contribution in [3.8, 4) is 11.5 Å². The van der Waals surface area contributed by atoms with Gasteiger partial charge in [-0.15, -0.1) is 0 Å². The third-order valence-electron chi connectivity index (χ3n) is 2.79. The molecule has 1 heterocycles. The number of fused-ring (bicyclic) bond motifs is 1. The third-order valence-corrected chi connectivity index (χ3v) is 2.79. The molecule has 1 aliphatic heterocycles. The van der Waals surface area contributed by atoms with E-state index in [2.05, 4.69) is 5.32 Å². The van der Waals surface area contributed by atoms with Crippen LogP contribution in [0.4, 0.5) is 0 Å². The van der Waals surface area contributed by atoms with Gasteiger partial charge in [-0.25, -0.2) is 0 Å². The SMILES string of the molecule is CC(C)(C)CC(=O)NCC1COc2ccccc2O1. The van der Waals surface area contributed by atoms with Crippen molar-refractivity contribution in [2.24, 2.45) is 5.41 Å². The monoisotopic (exact) mass is 263 g/mol. The summed E-state index contributed by atoms with van der Waals surface area (Å²) in [4.78, 5) is 11.7. The molecule has 0 saturated heterocycles. The summed E-state index contributed by atoms with van der Waals surface area (Å²) in [5.41, 5.74) is 0.000600. The molecular weight excluding hydrogens is 242 g/mol. The zero-order chi connectivity index (χ0) is 13.9. The first-order chi connectivity index (χ1) is 8.94. The van der Waals surface area contributed by atoms with E-state index in [0.717, 1.165) is 11.5 Å². The molecule has 1 unspecified atom stereocenters. The number of amides is 1. The Balaban J connectivity index is 1.81. The van der Waals surface area contributed by atoms with Gasteiger partial charge in [-0.3, -0.25) is 4.79 Å². The van der Waals surface area contributed by atoms with Crippen LogP contribution in [0.25, 0.3) is 0 Å². The highest BCUT2D eigenvalue weighted by Gasteiger charge is 2.22. The number of benzene rings is 1. The van der Waals surface area contributed by atoms with E-state index in [4.69, 9.17) is 9.47 Å². The molecule has 0 bridgehead atoms. The van der Waals surface area contributed by atoms with Crippen LogP contribution in [-0.4, -0.2) is 25.2 Å². The van der Waals surface area contributed by atoms with Gasteiger partial charge in [0.25, 0.3) is 0 Å². The average Bonchev–Trinajstić information content (AvgIpc) is 2.34. The van der Waals surface area contributed by atoms with Gasteiger partial charge in [0.05, 0.1) is 6.54 Å². The fourth-order valence-electron chi connectivity index (χ4n) is 1.94. The number of rotatable bonds is 3. The number of nitrogens with one attached hydrogen (secondary N) is 1. The van der Waals surface area contributed by atoms with Crippen LogP contribution in [0.2, 0.25) is 0 Å². The van der Waals surface area contributed by atoms with Crippen LogP contribution in [0.1, 0.15) is 27.2 Å². The summed E-state index contributed by atoms with van der Waals surface area (Å²) in [6.07, 6.45) is 0.385. The second-order valence-corrected chi connectivity index (χ2v) is 6.04. The minimum atomic E-state index is -0.126. The van der Waals surface area contributed by atoms with Gasteiger partial charge in [-0.2, -0.15) is 0 Å². The summed E-state index contributed by atoms with van der Waals surface area (Å²) in [5, 5.41) is 2.90. The minimum absolute atomic E-state index is 0.000600. The molecule has 1 aromatic rings. The predicted molar refractivity (Wildman–Crippen MR) is 73.4 cm³/mol. The normalized spacial score (nSPS) is 17.9. The van der Waals surface area contributed by atoms with E-state index in [1.54, 1.807) is 0 Å². The van der Waals surface area contributed by atoms with E-state index < -0.39 is 0 Å². The fourth-order valence-corrected chi connectivity index (χ4v) is 1.94. The Labute approximate surface area is 114 Å². The Bertz CT molecular complexity index is 451. The highest BCUT2D eigenvalue weighted by atomic mass is 16.6. The van der Waals surface area contributed by atoms with Gasteiger partial charge in [-0.1, -0.05) is 32.9 Å². The van der Waals surface area contributed by atoms with Gasteiger partial charge in [0.1, 0.15) is 12.7 Å². The lowest BCUT2D eigenvalue weighted by molar-refractivity contribution is -0.123. The van der Waals surface area contributed by atoms with Crippen LogP contribution in [0.5, 0.6) is 11.5 Å². The summed E-state index contributed by atoms with van der Waals surface area (Å²) in [5.74, 6) is 1.55. The maximum absolute atomic E-state index is 11.7. The number of hydrogen-bond acceptors (Lipinski definition) is 3. The maximum Gasteiger partial charge on any atom is 0.220 e. The molecule has 0 aliphatic carbocycles. The molecule has 4 heteroatoms. The van der Waals surface area contributed by atoms with Crippen LogP contribution in [-0.2, 0) is 4.79 Å². The van der Waals surface area contributed by atoms with Crippen LogP contribution in [0, 0.1) is 5.41 Å². The summed E-state index contributed by atoms with van der Waals surface area (Å²) in [6.45, 7) is 7.07. The summed E-state index contributed by atoms with van der Waals surface area (Å²) in [6, 6.07) is 7.57. The van der Waals surface area contributed by atoms with E-state index in [9.17, 15) is 4.79 Å². The second kappa shape index (κ2) is 5.51. The molecule has 4 nitrogen and oxygen atoms in total. The summed E-state index contributed by atoms with van der Waals surface area (Å²) < 4.78 is 11.4. The molecule has 0 radical (unpaired) electrons. The Morgan fingerprint density at radius 2 is 2.00 bits per heavy atom. The van der Waals surface area contributed by atoms with Crippen molar-refractivity contribution in [1.82, 2.24) is 5.32 Å². The number of ether oxygens (including phenoxy) is 2. The van der Waals surface area contributed by atoms with Crippen molar-refractivity contribution in [3.63, 3.8) is 0 Å². The number of carbonyl (C=O) groups excluding carboxylic acids is 1. The Morgan fingerprint density at radius 3 is 2.68 bits per heavy atom. The van der Waals surface area contributed by atoms with Crippen molar-refractivity contribution in [2.45, 2.75) is 33.3 Å². The molecule has 0 fully saturated rings. The first-order valence-corrected chi connectivity index (χ1v) is 6.59. The summed E-state index contributed by atoms with van der Waals surface area (Å²) >= 11 is 0. The van der Waals surface area contributed by atoms with E-state index in [0.29, 0.717) is 19.6 Å². The zero-order valence-electron chi connectivity index (χ0n) is 11.7. The van der Waals surface area contributed by atoms with E-state index in [-0.39, 0.29) is 17.4 Å². The highest BCUT2D eigenvalue weighted by Crippen LogP contribution is 2.30. The van der Waals surface area contributed by atoms with Crippen molar-refractivity contribution in [3.05, 3.63) is 24.3 Å².